The van der Waals surface area contributed by atoms with Gasteiger partial charge in [0.15, 0.2) is 0 Å². The maximum absolute atomic E-state index is 5.99. The summed E-state index contributed by atoms with van der Waals surface area (Å²) in [5, 5.41) is 3.72. The highest BCUT2D eigenvalue weighted by Gasteiger charge is 2.35. The van der Waals surface area contributed by atoms with Crippen molar-refractivity contribution in [3.8, 4) is 5.75 Å². The molecule has 0 bridgehead atoms. The highest BCUT2D eigenvalue weighted by atomic mass is 16.5. The van der Waals surface area contributed by atoms with Crippen LogP contribution in [-0.4, -0.2) is 25.9 Å². The van der Waals surface area contributed by atoms with Crippen molar-refractivity contribution in [1.29, 1.82) is 0 Å². The number of ether oxygens (including phenoxy) is 2. The van der Waals surface area contributed by atoms with Gasteiger partial charge in [-0.25, -0.2) is 0 Å². The van der Waals surface area contributed by atoms with Gasteiger partial charge in [0.2, 0.25) is 0 Å². The van der Waals surface area contributed by atoms with E-state index in [2.05, 4.69) is 80.7 Å². The van der Waals surface area contributed by atoms with Crippen molar-refractivity contribution in [3.05, 3.63) is 65.7 Å². The summed E-state index contributed by atoms with van der Waals surface area (Å²) in [6.45, 7) is 8.50. The number of hydrogen-bond donors (Lipinski definition) is 1. The fourth-order valence-electron chi connectivity index (χ4n) is 4.56. The van der Waals surface area contributed by atoms with Crippen LogP contribution < -0.4 is 10.1 Å². The van der Waals surface area contributed by atoms with Crippen LogP contribution in [-0.2, 0) is 4.74 Å². The van der Waals surface area contributed by atoms with Crippen molar-refractivity contribution in [2.24, 2.45) is 5.92 Å². The molecule has 0 spiro atoms. The van der Waals surface area contributed by atoms with Crippen LogP contribution in [0.2, 0.25) is 0 Å². The van der Waals surface area contributed by atoms with Gasteiger partial charge in [0.25, 0.3) is 0 Å². The van der Waals surface area contributed by atoms with E-state index < -0.39 is 0 Å². The quantitative estimate of drug-likeness (QED) is 0.634. The van der Waals surface area contributed by atoms with Crippen molar-refractivity contribution < 1.29 is 9.47 Å². The monoisotopic (exact) mass is 381 g/mol. The predicted octanol–water partition coefficient (Wildman–Crippen LogP) is 5.72. The standard InChI is InChI=1S/C25H35NO2/c1-19(20-10-6-5-7-11-20)26-16-14-22(21-15-17-28-25(2,3)18-21)23-12-8-9-13-24(23)27-4/h5-13,19,21-22,26H,14-18H2,1-4H3/t19-,21+,22-/m1/s1. The van der Waals surface area contributed by atoms with Gasteiger partial charge < -0.3 is 14.8 Å². The summed E-state index contributed by atoms with van der Waals surface area (Å²) in [6.07, 6.45) is 3.29. The highest BCUT2D eigenvalue weighted by Crippen LogP contribution is 2.42. The van der Waals surface area contributed by atoms with Crippen LogP contribution in [0.15, 0.2) is 54.6 Å². The van der Waals surface area contributed by atoms with Gasteiger partial charge >= 0.3 is 0 Å². The zero-order chi connectivity index (χ0) is 20.0. The van der Waals surface area contributed by atoms with Crippen molar-refractivity contribution in [3.63, 3.8) is 0 Å². The van der Waals surface area contributed by atoms with E-state index in [4.69, 9.17) is 9.47 Å². The summed E-state index contributed by atoms with van der Waals surface area (Å²) in [5.41, 5.74) is 2.62. The molecule has 1 heterocycles. The van der Waals surface area contributed by atoms with Gasteiger partial charge in [-0.15, -0.1) is 0 Å². The lowest BCUT2D eigenvalue weighted by molar-refractivity contribution is -0.0773. The minimum atomic E-state index is -0.0477. The molecule has 0 amide bonds. The van der Waals surface area contributed by atoms with E-state index in [0.29, 0.717) is 17.9 Å². The van der Waals surface area contributed by atoms with Crippen molar-refractivity contribution in [2.75, 3.05) is 20.3 Å². The van der Waals surface area contributed by atoms with E-state index >= 15 is 0 Å². The fourth-order valence-corrected chi connectivity index (χ4v) is 4.56. The van der Waals surface area contributed by atoms with E-state index in [1.165, 1.54) is 11.1 Å². The number of hydrogen-bond acceptors (Lipinski definition) is 3. The zero-order valence-corrected chi connectivity index (χ0v) is 17.8. The molecule has 28 heavy (non-hydrogen) atoms. The predicted molar refractivity (Wildman–Crippen MR) is 116 cm³/mol. The Morgan fingerprint density at radius 1 is 1.11 bits per heavy atom. The van der Waals surface area contributed by atoms with E-state index in [1.807, 2.05) is 0 Å². The molecule has 3 heteroatoms. The molecule has 152 valence electrons. The molecule has 3 atom stereocenters. The molecule has 3 rings (SSSR count). The Balaban J connectivity index is 1.73. The average molecular weight is 382 g/mol. The van der Waals surface area contributed by atoms with Gasteiger partial charge in [-0.1, -0.05) is 48.5 Å². The maximum Gasteiger partial charge on any atom is 0.122 e. The summed E-state index contributed by atoms with van der Waals surface area (Å²) >= 11 is 0. The maximum atomic E-state index is 5.99. The third kappa shape index (κ3) is 5.36. The van der Waals surface area contributed by atoms with E-state index in [0.717, 1.165) is 38.2 Å². The van der Waals surface area contributed by atoms with Gasteiger partial charge in [0.05, 0.1) is 12.7 Å². The van der Waals surface area contributed by atoms with Gasteiger partial charge in [-0.05, 0) is 75.6 Å². The van der Waals surface area contributed by atoms with Gasteiger partial charge in [0, 0.05) is 12.6 Å². The molecule has 1 saturated heterocycles. The molecule has 0 radical (unpaired) electrons. The van der Waals surface area contributed by atoms with Crippen molar-refractivity contribution in [1.82, 2.24) is 5.32 Å². The Morgan fingerprint density at radius 3 is 2.54 bits per heavy atom. The fraction of sp³-hybridized carbons (Fsp3) is 0.520. The molecule has 0 saturated carbocycles. The molecule has 1 N–H and O–H groups in total. The topological polar surface area (TPSA) is 30.5 Å². The summed E-state index contributed by atoms with van der Waals surface area (Å²) in [7, 11) is 1.78. The Labute approximate surface area is 170 Å². The van der Waals surface area contributed by atoms with E-state index in [9.17, 15) is 0 Å². The summed E-state index contributed by atoms with van der Waals surface area (Å²) in [5.74, 6) is 2.08. The molecule has 0 aliphatic carbocycles. The Bertz CT molecular complexity index is 728. The van der Waals surface area contributed by atoms with Crippen LogP contribution in [0, 0.1) is 5.92 Å². The number of methoxy groups -OCH3 is 1. The van der Waals surface area contributed by atoms with Gasteiger partial charge in [-0.3, -0.25) is 0 Å². The molecule has 0 unspecified atom stereocenters. The van der Waals surface area contributed by atoms with Crippen LogP contribution in [0.1, 0.15) is 63.1 Å². The SMILES string of the molecule is COc1ccccc1[C@H](CCN[C@H](C)c1ccccc1)[C@H]1CCOC(C)(C)C1. The molecule has 2 aromatic rings. The number of nitrogens with one attached hydrogen (secondary N) is 1. The minimum Gasteiger partial charge on any atom is -0.496 e. The number of para-hydroxylation sites is 1. The largest absolute Gasteiger partial charge is 0.496 e. The first-order chi connectivity index (χ1) is 13.5. The number of rotatable bonds is 8. The minimum absolute atomic E-state index is 0.0477. The third-order valence-electron chi connectivity index (χ3n) is 6.05. The second-order valence-electron chi connectivity index (χ2n) is 8.58. The van der Waals surface area contributed by atoms with Crippen LogP contribution in [0.3, 0.4) is 0 Å². The van der Waals surface area contributed by atoms with Crippen LogP contribution in [0.5, 0.6) is 5.75 Å². The first-order valence-electron chi connectivity index (χ1n) is 10.6. The summed E-state index contributed by atoms with van der Waals surface area (Å²) < 4.78 is 11.7. The summed E-state index contributed by atoms with van der Waals surface area (Å²) in [6, 6.07) is 19.5. The lowest BCUT2D eigenvalue weighted by Gasteiger charge is -2.40. The van der Waals surface area contributed by atoms with E-state index in [1.54, 1.807) is 7.11 Å². The molecule has 2 aromatic carbocycles. The Morgan fingerprint density at radius 2 is 1.82 bits per heavy atom. The second-order valence-corrected chi connectivity index (χ2v) is 8.58. The Hall–Kier alpha value is -1.84. The summed E-state index contributed by atoms with van der Waals surface area (Å²) in [4.78, 5) is 0. The third-order valence-corrected chi connectivity index (χ3v) is 6.05. The highest BCUT2D eigenvalue weighted by molar-refractivity contribution is 5.37. The van der Waals surface area contributed by atoms with Gasteiger partial charge in [-0.2, -0.15) is 0 Å². The van der Waals surface area contributed by atoms with Crippen molar-refractivity contribution >= 4 is 0 Å². The molecule has 1 aliphatic heterocycles. The second kappa shape index (κ2) is 9.58. The zero-order valence-electron chi connectivity index (χ0n) is 17.8. The van der Waals surface area contributed by atoms with Gasteiger partial charge in [0.1, 0.15) is 5.75 Å². The van der Waals surface area contributed by atoms with Crippen LogP contribution in [0.4, 0.5) is 0 Å². The number of benzene rings is 2. The van der Waals surface area contributed by atoms with Crippen molar-refractivity contribution in [2.45, 2.75) is 57.6 Å². The molecular formula is C25H35NO2. The van der Waals surface area contributed by atoms with Crippen LogP contribution in [0.25, 0.3) is 0 Å². The first kappa shape index (κ1) is 20.9. The normalized spacial score (nSPS) is 21.1. The molecular weight excluding hydrogens is 346 g/mol. The lowest BCUT2D eigenvalue weighted by atomic mass is 9.75. The first-order valence-corrected chi connectivity index (χ1v) is 10.6. The molecule has 1 fully saturated rings. The molecule has 1 aliphatic rings. The smallest absolute Gasteiger partial charge is 0.122 e. The lowest BCUT2D eigenvalue weighted by Crippen LogP contribution is -2.37. The molecule has 3 nitrogen and oxygen atoms in total. The van der Waals surface area contributed by atoms with Crippen LogP contribution >= 0.6 is 0 Å². The van der Waals surface area contributed by atoms with E-state index in [-0.39, 0.29) is 5.60 Å². The Kier molecular flexibility index (Phi) is 7.14. The molecule has 0 aromatic heterocycles. The average Bonchev–Trinajstić information content (AvgIpc) is 2.71.